The monoisotopic (exact) mass is 1220 g/mol. The molecule has 0 N–H and O–H groups in total. The molecule has 1 heterocycles. The SMILES string of the molecule is [C-]#[N+]C(C#N)=C1Sc2c(OC(=O)C3CCC(C(=O)Oc4ccc(CCOC(=O)COCC(=O)OCCOC(=O)C=C)cc4)CC3)ccc(OC(=O)C3CCC(C(=O)Oc4ccc(CCOC(=O)COCC(=O)OCCOC(=O)C=C)cc4)CC3)c2S1. The Morgan fingerprint density at radius 2 is 0.791 bits per heavy atom. The molecule has 2 aliphatic carbocycles. The molecule has 454 valence electrons. The van der Waals surface area contributed by atoms with E-state index in [0.29, 0.717) is 89.7 Å². The first-order valence-electron chi connectivity index (χ1n) is 27.0. The quantitative estimate of drug-likeness (QED) is 0.0125. The lowest BCUT2D eigenvalue weighted by Crippen LogP contribution is -2.30. The van der Waals surface area contributed by atoms with Gasteiger partial charge in [-0.15, -0.1) is 0 Å². The van der Waals surface area contributed by atoms with Crippen molar-refractivity contribution >= 4 is 83.2 Å². The van der Waals surface area contributed by atoms with Gasteiger partial charge in [-0.1, -0.05) is 60.9 Å². The van der Waals surface area contributed by atoms with Crippen molar-refractivity contribution in [1.29, 1.82) is 5.26 Å². The van der Waals surface area contributed by atoms with Gasteiger partial charge < -0.3 is 56.8 Å². The number of hydrogen-bond acceptors (Lipinski definition) is 25. The van der Waals surface area contributed by atoms with Gasteiger partial charge in [0.1, 0.15) is 75.9 Å². The van der Waals surface area contributed by atoms with Crippen molar-refractivity contribution < 1.29 is 105 Å². The lowest BCUT2D eigenvalue weighted by atomic mass is 9.82. The number of benzene rings is 3. The molecule has 24 nitrogen and oxygen atoms in total. The third kappa shape index (κ3) is 21.7. The van der Waals surface area contributed by atoms with Gasteiger partial charge in [0.25, 0.3) is 5.70 Å². The minimum absolute atomic E-state index is 0.0195. The smallest absolute Gasteiger partial charge is 0.332 e. The number of thioether (sulfide) groups is 2. The van der Waals surface area contributed by atoms with Gasteiger partial charge in [-0.3, -0.25) is 19.2 Å². The molecule has 2 fully saturated rings. The highest BCUT2D eigenvalue weighted by Crippen LogP contribution is 2.59. The summed E-state index contributed by atoms with van der Waals surface area (Å²) in [4.78, 5) is 127. The second-order valence-corrected chi connectivity index (χ2v) is 21.3. The van der Waals surface area contributed by atoms with Gasteiger partial charge in [0, 0.05) is 25.0 Å². The third-order valence-corrected chi connectivity index (χ3v) is 15.6. The minimum atomic E-state index is -0.755. The number of allylic oxidation sites excluding steroid dienone is 1. The highest BCUT2D eigenvalue weighted by molar-refractivity contribution is 8.24. The summed E-state index contributed by atoms with van der Waals surface area (Å²) >= 11 is 2.10. The Bertz CT molecular complexity index is 2890. The van der Waals surface area contributed by atoms with E-state index in [1.54, 1.807) is 48.5 Å². The number of nitrogens with zero attached hydrogens (tertiary/aromatic N) is 2. The number of hydrogen-bond donors (Lipinski definition) is 0. The summed E-state index contributed by atoms with van der Waals surface area (Å²) < 4.78 is 62.8. The van der Waals surface area contributed by atoms with Gasteiger partial charge in [0.15, 0.2) is 0 Å². The molecule has 0 radical (unpaired) electrons. The standard InChI is InChI=1S/C60H60N2O22S2/c1-4-48(63)77-28-30-79-52(67)35-73-33-50(65)75-26-24-37-6-18-43(19-7-37)81-56(69)39-10-14-41(15-11-39)58(71)83-46-22-23-47(55-54(46)85-60(86-55)45(32-61)62-3)84-59(72)42-16-12-40(13-17-42)57(70)82-44-20-8-38(9-21-44)25-27-76-51(66)34-74-36-53(68)80-31-29-78-49(64)5-2/h4-9,18-23,39-42H,1-2,10-17,24-31,33-36H2. The Hall–Kier alpha value is -8.82. The fraction of sp³-hybridized carbons (Fsp3) is 0.400. The van der Waals surface area contributed by atoms with Crippen LogP contribution in [-0.2, 0) is 98.7 Å². The average molecular weight is 1230 g/mol. The lowest BCUT2D eigenvalue weighted by molar-refractivity contribution is -0.158. The highest BCUT2D eigenvalue weighted by Gasteiger charge is 2.37. The van der Waals surface area contributed by atoms with E-state index in [-0.39, 0.29) is 56.8 Å². The number of ether oxygens (including phenoxy) is 12. The molecule has 3 aromatic carbocycles. The maximum atomic E-state index is 13.6. The van der Waals surface area contributed by atoms with Crippen LogP contribution < -0.4 is 18.9 Å². The Morgan fingerprint density at radius 3 is 1.10 bits per heavy atom. The van der Waals surface area contributed by atoms with Crippen LogP contribution >= 0.6 is 23.5 Å². The van der Waals surface area contributed by atoms with Crippen LogP contribution in [0.25, 0.3) is 4.85 Å². The molecule has 3 aliphatic rings. The number of fused-ring (bicyclic) bond motifs is 1. The Kier molecular flexibility index (Phi) is 26.9. The van der Waals surface area contributed by atoms with E-state index in [1.165, 1.54) is 12.1 Å². The van der Waals surface area contributed by atoms with E-state index in [2.05, 4.69) is 27.5 Å². The van der Waals surface area contributed by atoms with Crippen LogP contribution in [-0.4, -0.2) is 126 Å². The molecule has 1 aliphatic heterocycles. The number of nitriles is 1. The molecule has 26 heteroatoms. The molecule has 3 aromatic rings. The van der Waals surface area contributed by atoms with Crippen LogP contribution in [0, 0.1) is 41.6 Å². The first-order valence-corrected chi connectivity index (χ1v) is 28.6. The van der Waals surface area contributed by atoms with Gasteiger partial charge >= 0.3 is 59.7 Å². The van der Waals surface area contributed by atoms with E-state index in [4.69, 9.17) is 53.9 Å². The highest BCUT2D eigenvalue weighted by atomic mass is 32.2. The van der Waals surface area contributed by atoms with E-state index in [1.807, 2.05) is 6.07 Å². The zero-order chi connectivity index (χ0) is 61.8. The Labute approximate surface area is 502 Å². The van der Waals surface area contributed by atoms with E-state index < -0.39 is 110 Å². The summed E-state index contributed by atoms with van der Waals surface area (Å²) in [6.07, 6.45) is 5.40. The van der Waals surface area contributed by atoms with Gasteiger partial charge in [-0.25, -0.2) is 38.9 Å². The van der Waals surface area contributed by atoms with Gasteiger partial charge in [0.2, 0.25) is 0 Å². The summed E-state index contributed by atoms with van der Waals surface area (Å²) in [5, 5.41) is 9.70. The molecule has 86 heavy (non-hydrogen) atoms. The van der Waals surface area contributed by atoms with Crippen LogP contribution in [0.5, 0.6) is 23.0 Å². The summed E-state index contributed by atoms with van der Waals surface area (Å²) in [5.74, 6) is -7.34. The fourth-order valence-corrected chi connectivity index (χ4v) is 11.0. The van der Waals surface area contributed by atoms with Crippen LogP contribution in [0.1, 0.15) is 62.5 Å². The molecule has 0 saturated heterocycles. The summed E-state index contributed by atoms with van der Waals surface area (Å²) in [6.45, 7) is 11.4. The number of carbonyl (C=O) groups is 10. The maximum Gasteiger partial charge on any atom is 0.332 e. The summed E-state index contributed by atoms with van der Waals surface area (Å²) in [6, 6.07) is 18.2. The molecular weight excluding hydrogens is 1160 g/mol. The zero-order valence-corrected chi connectivity index (χ0v) is 48.1. The molecular formula is C60H60N2O22S2. The number of esters is 10. The largest absolute Gasteiger partial charge is 0.464 e. The van der Waals surface area contributed by atoms with Crippen molar-refractivity contribution in [3.8, 4) is 29.1 Å². The van der Waals surface area contributed by atoms with Gasteiger partial charge in [0.05, 0.1) is 63.6 Å². The Morgan fingerprint density at radius 1 is 0.477 bits per heavy atom. The van der Waals surface area contributed by atoms with Crippen molar-refractivity contribution in [3.05, 3.63) is 118 Å². The average Bonchev–Trinajstić information content (AvgIpc) is 2.04. The molecule has 0 aromatic heterocycles. The predicted molar refractivity (Wildman–Crippen MR) is 299 cm³/mol. The molecule has 0 unspecified atom stereocenters. The van der Waals surface area contributed by atoms with Crippen molar-refractivity contribution in [2.24, 2.45) is 23.7 Å². The van der Waals surface area contributed by atoms with E-state index >= 15 is 0 Å². The zero-order valence-electron chi connectivity index (χ0n) is 46.5. The normalized spacial score (nSPS) is 16.6. The van der Waals surface area contributed by atoms with Crippen molar-refractivity contribution in [1.82, 2.24) is 0 Å². The van der Waals surface area contributed by atoms with Crippen LogP contribution in [0.4, 0.5) is 0 Å². The molecule has 0 atom stereocenters. The summed E-state index contributed by atoms with van der Waals surface area (Å²) in [7, 11) is 0. The first-order chi connectivity index (χ1) is 41.5. The van der Waals surface area contributed by atoms with Crippen LogP contribution in [0.3, 0.4) is 0 Å². The van der Waals surface area contributed by atoms with E-state index in [0.717, 1.165) is 46.8 Å². The van der Waals surface area contributed by atoms with Crippen LogP contribution in [0.2, 0.25) is 0 Å². The Balaban J connectivity index is 0.888. The lowest BCUT2D eigenvalue weighted by Gasteiger charge is -2.26. The second-order valence-electron chi connectivity index (χ2n) is 19.0. The maximum absolute atomic E-state index is 13.6. The minimum Gasteiger partial charge on any atom is -0.464 e. The second kappa shape index (κ2) is 34.8. The van der Waals surface area contributed by atoms with Crippen LogP contribution in [0.15, 0.2) is 106 Å². The first kappa shape index (κ1) is 66.3. The number of carbonyl (C=O) groups excluding carboxylic acids is 10. The molecule has 0 spiro atoms. The fourth-order valence-electron chi connectivity index (χ4n) is 8.54. The van der Waals surface area contributed by atoms with E-state index in [9.17, 15) is 53.2 Å². The van der Waals surface area contributed by atoms with Crippen molar-refractivity contribution in [3.63, 3.8) is 0 Å². The molecule has 0 amide bonds. The number of rotatable bonds is 30. The molecule has 2 saturated carbocycles. The molecule has 0 bridgehead atoms. The van der Waals surface area contributed by atoms with Crippen molar-refractivity contribution in [2.45, 2.75) is 74.0 Å². The topological polar surface area (TPSA) is 310 Å². The summed E-state index contributed by atoms with van der Waals surface area (Å²) in [5.41, 5.74) is 1.39. The van der Waals surface area contributed by atoms with Crippen molar-refractivity contribution in [2.75, 3.05) is 66.1 Å². The predicted octanol–water partition coefficient (Wildman–Crippen LogP) is 6.88. The van der Waals surface area contributed by atoms with Gasteiger partial charge in [-0.05, 0) is 98.9 Å². The molecule has 6 rings (SSSR count). The third-order valence-electron chi connectivity index (χ3n) is 13.0. The van der Waals surface area contributed by atoms with Gasteiger partial charge in [-0.2, -0.15) is 0 Å².